The Kier molecular flexibility index (Phi) is 5.89. The average Bonchev–Trinajstić information content (AvgIpc) is 3.40. The smallest absolute Gasteiger partial charge is 0.260 e. The number of β-amino-alcohol motifs (C(OH)–C–C–N with tert-alkyl or cyclic N) is 1. The van der Waals surface area contributed by atoms with Gasteiger partial charge >= 0.3 is 0 Å². The molecule has 35 heavy (non-hydrogen) atoms. The Morgan fingerprint density at radius 3 is 2.60 bits per heavy atom. The van der Waals surface area contributed by atoms with Crippen LogP contribution in [0.5, 0.6) is 0 Å². The first-order valence-corrected chi connectivity index (χ1v) is 11.7. The van der Waals surface area contributed by atoms with Gasteiger partial charge in [0, 0.05) is 37.5 Å². The molecular weight excluding hydrogens is 454 g/mol. The van der Waals surface area contributed by atoms with Crippen LogP contribution < -0.4 is 4.90 Å². The fraction of sp³-hybridized carbons (Fsp3) is 0.440. The van der Waals surface area contributed by atoms with Crippen molar-refractivity contribution in [2.75, 3.05) is 24.5 Å². The van der Waals surface area contributed by atoms with E-state index in [9.17, 15) is 23.9 Å². The van der Waals surface area contributed by atoms with Gasteiger partial charge in [-0.2, -0.15) is 10.4 Å². The van der Waals surface area contributed by atoms with Crippen molar-refractivity contribution in [1.82, 2.24) is 19.5 Å². The normalized spacial score (nSPS) is 22.6. The number of aromatic nitrogens is 3. The molecule has 2 aromatic heterocycles. The van der Waals surface area contributed by atoms with Crippen molar-refractivity contribution in [3.8, 4) is 6.07 Å². The summed E-state index contributed by atoms with van der Waals surface area (Å²) in [7, 11) is 0. The maximum absolute atomic E-state index is 14.6. The van der Waals surface area contributed by atoms with E-state index in [1.807, 2.05) is 18.0 Å². The van der Waals surface area contributed by atoms with Gasteiger partial charge < -0.3 is 14.9 Å². The summed E-state index contributed by atoms with van der Waals surface area (Å²) < 4.78 is 30.8. The number of hydrogen-bond donors (Lipinski definition) is 1. The zero-order chi connectivity index (χ0) is 24.9. The zero-order valence-corrected chi connectivity index (χ0v) is 19.6. The summed E-state index contributed by atoms with van der Waals surface area (Å²) in [4.78, 5) is 21.4. The molecule has 2 aliphatic heterocycles. The second-order valence-corrected chi connectivity index (χ2v) is 9.44. The number of rotatable bonds is 3. The van der Waals surface area contributed by atoms with Crippen LogP contribution in [0.25, 0.3) is 5.65 Å². The molecule has 5 rings (SSSR count). The fourth-order valence-electron chi connectivity index (χ4n) is 5.12. The summed E-state index contributed by atoms with van der Waals surface area (Å²) in [6, 6.07) is 5.82. The lowest BCUT2D eigenvalue weighted by Gasteiger charge is -2.35. The topological polar surface area (TPSA) is 97.8 Å². The molecule has 10 heteroatoms. The monoisotopic (exact) mass is 480 g/mol. The van der Waals surface area contributed by atoms with Crippen molar-refractivity contribution < 1.29 is 18.7 Å². The van der Waals surface area contributed by atoms with E-state index in [-0.39, 0.29) is 0 Å². The maximum Gasteiger partial charge on any atom is 0.260 e. The van der Waals surface area contributed by atoms with Crippen LogP contribution in [0.3, 0.4) is 0 Å². The molecule has 1 amide bonds. The summed E-state index contributed by atoms with van der Waals surface area (Å²) in [6.45, 7) is 4.55. The second-order valence-electron chi connectivity index (χ2n) is 9.44. The van der Waals surface area contributed by atoms with E-state index in [0.29, 0.717) is 48.8 Å². The highest BCUT2D eigenvalue weighted by molar-refractivity contribution is 5.95. The number of nitriles is 1. The Bertz CT molecular complexity index is 1330. The van der Waals surface area contributed by atoms with Crippen molar-refractivity contribution >= 4 is 17.4 Å². The minimum atomic E-state index is -0.864. The number of halogens is 2. The van der Waals surface area contributed by atoms with Crippen molar-refractivity contribution in [3.63, 3.8) is 0 Å². The number of amides is 1. The molecule has 3 atom stereocenters. The lowest BCUT2D eigenvalue weighted by atomic mass is 9.97. The first-order chi connectivity index (χ1) is 16.8. The number of benzene rings is 1. The standard InChI is InChI=1S/C25H26F2N6O2/c1-14-7-17(26)23(18(27)8-14)25(35)32-6-4-3-5-20(32)19-9-22-29-24(15(2)11-33(22)30-19)31-12-16(10-28)21(34)13-31/h7-9,11,16,20-21,34H,3-6,12-13H2,1-2H3/t16-,20+,21+/m1/s1. The molecule has 2 fully saturated rings. The zero-order valence-electron chi connectivity index (χ0n) is 19.6. The largest absolute Gasteiger partial charge is 0.390 e. The Hall–Kier alpha value is -3.58. The van der Waals surface area contributed by atoms with Crippen LogP contribution in [-0.4, -0.2) is 56.2 Å². The summed E-state index contributed by atoms with van der Waals surface area (Å²) >= 11 is 0. The molecule has 4 heterocycles. The van der Waals surface area contributed by atoms with E-state index in [4.69, 9.17) is 4.98 Å². The second kappa shape index (κ2) is 8.89. The minimum Gasteiger partial charge on any atom is -0.390 e. The van der Waals surface area contributed by atoms with Crippen LogP contribution >= 0.6 is 0 Å². The van der Waals surface area contributed by atoms with Crippen LogP contribution in [0.4, 0.5) is 14.6 Å². The van der Waals surface area contributed by atoms with Gasteiger partial charge in [-0.25, -0.2) is 18.3 Å². The number of carbonyl (C=O) groups is 1. The molecule has 1 aromatic carbocycles. The summed E-state index contributed by atoms with van der Waals surface area (Å²) in [5.41, 5.74) is 1.86. The van der Waals surface area contributed by atoms with Crippen molar-refractivity contribution in [2.24, 2.45) is 5.92 Å². The molecule has 0 spiro atoms. The number of piperidine rings is 1. The van der Waals surface area contributed by atoms with Crippen molar-refractivity contribution in [1.29, 1.82) is 5.26 Å². The average molecular weight is 481 g/mol. The number of nitrogens with zero attached hydrogens (tertiary/aromatic N) is 6. The summed E-state index contributed by atoms with van der Waals surface area (Å²) in [6.07, 6.45) is 3.31. The van der Waals surface area contributed by atoms with Crippen molar-refractivity contribution in [3.05, 3.63) is 58.4 Å². The summed E-state index contributed by atoms with van der Waals surface area (Å²) in [5.74, 6) is -2.21. The lowest BCUT2D eigenvalue weighted by Crippen LogP contribution is -2.39. The molecule has 0 bridgehead atoms. The molecule has 2 saturated heterocycles. The molecule has 0 unspecified atom stereocenters. The van der Waals surface area contributed by atoms with Crippen LogP contribution in [0.2, 0.25) is 0 Å². The Morgan fingerprint density at radius 1 is 1.17 bits per heavy atom. The predicted molar refractivity (Wildman–Crippen MR) is 124 cm³/mol. The van der Waals surface area contributed by atoms with Crippen LogP contribution in [0.15, 0.2) is 24.4 Å². The van der Waals surface area contributed by atoms with Gasteiger partial charge in [0.15, 0.2) is 5.65 Å². The van der Waals surface area contributed by atoms with Crippen LogP contribution in [-0.2, 0) is 0 Å². The van der Waals surface area contributed by atoms with Gasteiger partial charge in [-0.15, -0.1) is 0 Å². The summed E-state index contributed by atoms with van der Waals surface area (Å²) in [5, 5.41) is 24.0. The molecule has 8 nitrogen and oxygen atoms in total. The number of likely N-dealkylation sites (tertiary alicyclic amines) is 1. The lowest BCUT2D eigenvalue weighted by molar-refractivity contribution is 0.0595. The van der Waals surface area contributed by atoms with Crippen molar-refractivity contribution in [2.45, 2.75) is 45.3 Å². The van der Waals surface area contributed by atoms with E-state index in [0.717, 1.165) is 18.4 Å². The SMILES string of the molecule is Cc1cc(F)c(C(=O)N2CCCC[C@H]2c2cc3nc(N4C[C@@H](C#N)[C@@H](O)C4)c(C)cn3n2)c(F)c1. The van der Waals surface area contributed by atoms with Gasteiger partial charge in [0.25, 0.3) is 5.91 Å². The third kappa shape index (κ3) is 4.10. The number of aliphatic hydroxyl groups excluding tert-OH is 1. The molecular formula is C25H26F2N6O2. The van der Waals surface area contributed by atoms with Gasteiger partial charge in [0.1, 0.15) is 23.0 Å². The molecule has 2 aliphatic rings. The maximum atomic E-state index is 14.6. The van der Waals surface area contributed by atoms with Gasteiger partial charge in [0.2, 0.25) is 0 Å². The van der Waals surface area contributed by atoms with E-state index in [2.05, 4.69) is 11.2 Å². The van der Waals surface area contributed by atoms with E-state index < -0.39 is 41.2 Å². The fourth-order valence-corrected chi connectivity index (χ4v) is 5.12. The first-order valence-electron chi connectivity index (χ1n) is 11.7. The molecule has 182 valence electrons. The van der Waals surface area contributed by atoms with Gasteiger partial charge in [-0.3, -0.25) is 4.79 Å². The number of hydrogen-bond acceptors (Lipinski definition) is 6. The Labute approximate surface area is 201 Å². The third-order valence-corrected chi connectivity index (χ3v) is 6.88. The molecule has 0 radical (unpaired) electrons. The van der Waals surface area contributed by atoms with E-state index in [1.165, 1.54) is 17.0 Å². The predicted octanol–water partition coefficient (Wildman–Crippen LogP) is 3.31. The molecule has 1 N–H and O–H groups in total. The highest BCUT2D eigenvalue weighted by atomic mass is 19.1. The number of aliphatic hydroxyl groups is 1. The highest BCUT2D eigenvalue weighted by Gasteiger charge is 2.35. The highest BCUT2D eigenvalue weighted by Crippen LogP contribution is 2.34. The molecule has 0 aliphatic carbocycles. The minimum absolute atomic E-state index is 0.321. The molecule has 3 aromatic rings. The van der Waals surface area contributed by atoms with Crippen LogP contribution in [0.1, 0.15) is 52.5 Å². The van der Waals surface area contributed by atoms with Gasteiger partial charge in [-0.1, -0.05) is 0 Å². The number of aryl methyl sites for hydroxylation is 2. The molecule has 0 saturated carbocycles. The number of anilines is 1. The van der Waals surface area contributed by atoms with E-state index in [1.54, 1.807) is 17.5 Å². The number of fused-ring (bicyclic) bond motifs is 1. The van der Waals surface area contributed by atoms with E-state index >= 15 is 0 Å². The van der Waals surface area contributed by atoms with Gasteiger partial charge in [0.05, 0.1) is 29.8 Å². The quantitative estimate of drug-likeness (QED) is 0.618. The first kappa shape index (κ1) is 23.2. The Morgan fingerprint density at radius 2 is 1.91 bits per heavy atom. The van der Waals surface area contributed by atoms with Gasteiger partial charge in [-0.05, 0) is 50.8 Å². The van der Waals surface area contributed by atoms with Crippen LogP contribution in [0, 0.1) is 42.7 Å². The Balaban J connectivity index is 1.48. The number of carbonyl (C=O) groups excluding carboxylic acids is 1. The third-order valence-electron chi connectivity index (χ3n) is 6.88.